The normalized spacial score (nSPS) is 20.7. The molecule has 1 unspecified atom stereocenters. The number of anilines is 2. The summed E-state index contributed by atoms with van der Waals surface area (Å²) in [4.78, 5) is 18.3. The second-order valence-corrected chi connectivity index (χ2v) is 11.8. The molecule has 2 atom stereocenters. The van der Waals surface area contributed by atoms with Crippen molar-refractivity contribution in [2.75, 3.05) is 51.0 Å². The Labute approximate surface area is 235 Å². The van der Waals surface area contributed by atoms with Gasteiger partial charge in [-0.05, 0) is 57.8 Å². The fourth-order valence-corrected chi connectivity index (χ4v) is 6.78. The second kappa shape index (κ2) is 11.0. The number of likely N-dealkylation sites (N-methyl/N-ethyl adjacent to an activating group) is 1. The van der Waals surface area contributed by atoms with E-state index in [4.69, 9.17) is 31.8 Å². The van der Waals surface area contributed by atoms with Gasteiger partial charge in [-0.3, -0.25) is 0 Å². The third kappa shape index (κ3) is 5.11. The Morgan fingerprint density at radius 1 is 1.13 bits per heavy atom. The van der Waals surface area contributed by atoms with Crippen LogP contribution in [0.25, 0.3) is 32.2 Å². The standard InChI is InChI=1S/C28H32ClFN6O2S/c1-35-11-6-7-16(35)15-38-28-33-25-19(26(34-28)36-12-4-3-8-17(14-36)37-2)13-20(29)22(23(25)30)18-9-5-10-21-24(18)32-27(31)39-21/h5,9-10,13,16-17H,3-4,6-8,11-12,14-15H2,1-2H3,(H2,31,32)/t16-,17?/m0/s1. The van der Waals surface area contributed by atoms with E-state index < -0.39 is 5.82 Å². The summed E-state index contributed by atoms with van der Waals surface area (Å²) in [6.07, 6.45) is 5.23. The van der Waals surface area contributed by atoms with Gasteiger partial charge in [-0.25, -0.2) is 9.37 Å². The largest absolute Gasteiger partial charge is 0.462 e. The number of fused-ring (bicyclic) bond motifs is 2. The van der Waals surface area contributed by atoms with E-state index in [-0.39, 0.29) is 34.3 Å². The first kappa shape index (κ1) is 26.4. The molecule has 2 saturated heterocycles. The lowest BCUT2D eigenvalue weighted by molar-refractivity contribution is 0.103. The molecule has 0 radical (unpaired) electrons. The quantitative estimate of drug-likeness (QED) is 0.313. The molecule has 2 N–H and O–H groups in total. The van der Waals surface area contributed by atoms with Crippen LogP contribution in [0.15, 0.2) is 24.3 Å². The second-order valence-electron chi connectivity index (χ2n) is 10.4. The number of halogens is 2. The van der Waals surface area contributed by atoms with Crippen molar-refractivity contribution in [3.05, 3.63) is 35.1 Å². The molecule has 2 aliphatic heterocycles. The number of methoxy groups -OCH3 is 1. The van der Waals surface area contributed by atoms with Crippen molar-refractivity contribution in [3.63, 3.8) is 0 Å². The summed E-state index contributed by atoms with van der Waals surface area (Å²) in [5, 5.41) is 1.23. The van der Waals surface area contributed by atoms with Gasteiger partial charge in [0, 0.05) is 42.8 Å². The first-order chi connectivity index (χ1) is 18.9. The van der Waals surface area contributed by atoms with Crippen LogP contribution in [-0.2, 0) is 4.74 Å². The number of aromatic nitrogens is 3. The molecule has 206 valence electrons. The topological polar surface area (TPSA) is 89.6 Å². The van der Waals surface area contributed by atoms with E-state index in [1.54, 1.807) is 13.2 Å². The summed E-state index contributed by atoms with van der Waals surface area (Å²) < 4.78 is 29.3. The van der Waals surface area contributed by atoms with Crippen LogP contribution in [0.3, 0.4) is 0 Å². The van der Waals surface area contributed by atoms with Crippen LogP contribution >= 0.6 is 22.9 Å². The van der Waals surface area contributed by atoms with Crippen molar-refractivity contribution in [2.45, 2.75) is 44.2 Å². The third-order valence-electron chi connectivity index (χ3n) is 7.88. The number of likely N-dealkylation sites (tertiary alicyclic amines) is 1. The summed E-state index contributed by atoms with van der Waals surface area (Å²) in [6, 6.07) is 7.79. The summed E-state index contributed by atoms with van der Waals surface area (Å²) in [5.41, 5.74) is 7.60. The van der Waals surface area contributed by atoms with Crippen molar-refractivity contribution in [2.24, 2.45) is 0 Å². The van der Waals surface area contributed by atoms with E-state index in [0.717, 1.165) is 49.9 Å². The minimum atomic E-state index is -0.527. The van der Waals surface area contributed by atoms with Crippen LogP contribution in [0.2, 0.25) is 5.02 Å². The van der Waals surface area contributed by atoms with E-state index in [2.05, 4.69) is 26.8 Å². The maximum absolute atomic E-state index is 16.6. The van der Waals surface area contributed by atoms with Gasteiger partial charge in [-0.15, -0.1) is 0 Å². The van der Waals surface area contributed by atoms with Gasteiger partial charge in [0.1, 0.15) is 17.9 Å². The first-order valence-corrected chi connectivity index (χ1v) is 14.6. The van der Waals surface area contributed by atoms with Gasteiger partial charge in [-0.2, -0.15) is 9.97 Å². The average molecular weight is 571 g/mol. The highest BCUT2D eigenvalue weighted by Crippen LogP contribution is 2.42. The molecular weight excluding hydrogens is 539 g/mol. The zero-order chi connectivity index (χ0) is 27.1. The van der Waals surface area contributed by atoms with E-state index in [1.165, 1.54) is 11.3 Å². The maximum atomic E-state index is 16.6. The van der Waals surface area contributed by atoms with Crippen LogP contribution in [0.1, 0.15) is 32.1 Å². The zero-order valence-electron chi connectivity index (χ0n) is 22.1. The molecule has 2 fully saturated rings. The monoisotopic (exact) mass is 570 g/mol. The summed E-state index contributed by atoms with van der Waals surface area (Å²) in [6.45, 7) is 2.90. The predicted octanol–water partition coefficient (Wildman–Crippen LogP) is 5.76. The molecular formula is C28H32ClFN6O2S. The van der Waals surface area contributed by atoms with E-state index in [0.29, 0.717) is 40.6 Å². The van der Waals surface area contributed by atoms with Crippen LogP contribution < -0.4 is 15.4 Å². The number of rotatable bonds is 6. The number of nitrogens with zero attached hydrogens (tertiary/aromatic N) is 5. The molecule has 4 aromatic rings. The lowest BCUT2D eigenvalue weighted by atomic mass is 10.0. The van der Waals surface area contributed by atoms with Gasteiger partial charge in [0.15, 0.2) is 10.9 Å². The molecule has 0 spiro atoms. The number of hydrogen-bond donors (Lipinski definition) is 1. The van der Waals surface area contributed by atoms with Crippen molar-refractivity contribution in [3.8, 4) is 17.1 Å². The molecule has 0 saturated carbocycles. The first-order valence-electron chi connectivity index (χ1n) is 13.4. The number of hydrogen-bond acceptors (Lipinski definition) is 9. The number of nitrogen functional groups attached to an aromatic ring is 1. The van der Waals surface area contributed by atoms with Crippen LogP contribution in [0.4, 0.5) is 15.3 Å². The summed E-state index contributed by atoms with van der Waals surface area (Å²) in [7, 11) is 3.82. The van der Waals surface area contributed by atoms with Crippen molar-refractivity contribution < 1.29 is 13.9 Å². The number of para-hydroxylation sites is 1. The smallest absolute Gasteiger partial charge is 0.319 e. The average Bonchev–Trinajstić information content (AvgIpc) is 3.43. The molecule has 39 heavy (non-hydrogen) atoms. The van der Waals surface area contributed by atoms with Gasteiger partial charge < -0.3 is 25.0 Å². The summed E-state index contributed by atoms with van der Waals surface area (Å²) in [5.74, 6) is 0.0864. The van der Waals surface area contributed by atoms with Gasteiger partial charge in [0.25, 0.3) is 0 Å². The highest BCUT2D eigenvalue weighted by Gasteiger charge is 2.27. The van der Waals surface area contributed by atoms with E-state index in [9.17, 15) is 0 Å². The molecule has 2 aromatic heterocycles. The number of ether oxygens (including phenoxy) is 2. The number of thiazole rings is 1. The predicted molar refractivity (Wildman–Crippen MR) is 156 cm³/mol. The van der Waals surface area contributed by atoms with E-state index >= 15 is 4.39 Å². The van der Waals surface area contributed by atoms with Crippen molar-refractivity contribution in [1.82, 2.24) is 19.9 Å². The lowest BCUT2D eigenvalue weighted by Crippen LogP contribution is -2.33. The van der Waals surface area contributed by atoms with Crippen molar-refractivity contribution in [1.29, 1.82) is 0 Å². The van der Waals surface area contributed by atoms with Crippen LogP contribution in [-0.4, -0.2) is 72.4 Å². The zero-order valence-corrected chi connectivity index (χ0v) is 23.7. The summed E-state index contributed by atoms with van der Waals surface area (Å²) >= 11 is 8.18. The number of benzene rings is 2. The molecule has 0 amide bonds. The SMILES string of the molecule is COC1CCCCN(c2nc(OC[C@@H]3CCCN3C)nc3c(F)c(-c4cccc5sc(N)nc45)c(Cl)cc23)C1. The highest BCUT2D eigenvalue weighted by atomic mass is 35.5. The molecule has 0 bridgehead atoms. The Morgan fingerprint density at radius 2 is 2.00 bits per heavy atom. The minimum absolute atomic E-state index is 0.0568. The Balaban J connectivity index is 1.50. The molecule has 2 aromatic carbocycles. The molecule has 6 rings (SSSR count). The van der Waals surface area contributed by atoms with Gasteiger partial charge in [0.2, 0.25) is 0 Å². The Morgan fingerprint density at radius 3 is 2.79 bits per heavy atom. The Kier molecular flexibility index (Phi) is 7.45. The molecule has 8 nitrogen and oxygen atoms in total. The van der Waals surface area contributed by atoms with Crippen LogP contribution in [0, 0.1) is 5.82 Å². The molecule has 2 aliphatic rings. The molecule has 0 aliphatic carbocycles. The van der Waals surface area contributed by atoms with Gasteiger partial charge in [-0.1, -0.05) is 35.1 Å². The Hall–Kier alpha value is -2.79. The fourth-order valence-electron chi connectivity index (χ4n) is 5.73. The van der Waals surface area contributed by atoms with Gasteiger partial charge >= 0.3 is 6.01 Å². The highest BCUT2D eigenvalue weighted by molar-refractivity contribution is 7.22. The lowest BCUT2D eigenvalue weighted by Gasteiger charge is -2.27. The van der Waals surface area contributed by atoms with E-state index in [1.807, 2.05) is 18.2 Å². The van der Waals surface area contributed by atoms with Crippen molar-refractivity contribution >= 4 is 55.0 Å². The van der Waals surface area contributed by atoms with Crippen LogP contribution in [0.5, 0.6) is 6.01 Å². The maximum Gasteiger partial charge on any atom is 0.319 e. The fraction of sp³-hybridized carbons (Fsp3) is 0.464. The Bertz CT molecular complexity index is 1520. The number of nitrogens with two attached hydrogens (primary N) is 1. The van der Waals surface area contributed by atoms with Gasteiger partial charge in [0.05, 0.1) is 21.3 Å². The minimum Gasteiger partial charge on any atom is -0.462 e. The molecule has 11 heteroatoms. The third-order valence-corrected chi connectivity index (χ3v) is 9.03. The molecule has 4 heterocycles.